The van der Waals surface area contributed by atoms with Gasteiger partial charge in [-0.2, -0.15) is 0 Å². The highest BCUT2D eigenvalue weighted by molar-refractivity contribution is 5.78. The summed E-state index contributed by atoms with van der Waals surface area (Å²) >= 11 is 0. The van der Waals surface area contributed by atoms with Crippen LogP contribution in [0.4, 0.5) is 0 Å². The Morgan fingerprint density at radius 3 is 2.33 bits per heavy atom. The summed E-state index contributed by atoms with van der Waals surface area (Å²) in [7, 11) is 0. The van der Waals surface area contributed by atoms with Gasteiger partial charge in [0.1, 0.15) is 0 Å². The second-order valence-corrected chi connectivity index (χ2v) is 5.94. The summed E-state index contributed by atoms with van der Waals surface area (Å²) in [6, 6.07) is 0.369. The highest BCUT2D eigenvalue weighted by atomic mass is 16.3. The molecule has 0 heterocycles. The maximum atomic E-state index is 11.8. The lowest BCUT2D eigenvalue weighted by Crippen LogP contribution is -2.49. The molecule has 104 valence electrons. The minimum Gasteiger partial charge on any atom is -0.389 e. The summed E-state index contributed by atoms with van der Waals surface area (Å²) in [5.74, 6) is 0.0739. The quantitative estimate of drug-likeness (QED) is 0.649. The van der Waals surface area contributed by atoms with Crippen LogP contribution in [-0.2, 0) is 4.79 Å². The Balaban J connectivity index is 1.59. The zero-order chi connectivity index (χ0) is 12.8. The van der Waals surface area contributed by atoms with Gasteiger partial charge in [0.25, 0.3) is 0 Å². The van der Waals surface area contributed by atoms with Gasteiger partial charge in [-0.15, -0.1) is 0 Å². The van der Waals surface area contributed by atoms with Crippen molar-refractivity contribution in [2.45, 2.75) is 69.4 Å². The fraction of sp³-hybridized carbons (Fsp3) is 0.929. The van der Waals surface area contributed by atoms with E-state index < -0.39 is 5.60 Å². The Bertz CT molecular complexity index is 269. The molecule has 18 heavy (non-hydrogen) atoms. The Hall–Kier alpha value is -0.610. The summed E-state index contributed by atoms with van der Waals surface area (Å²) in [5, 5.41) is 16.1. The van der Waals surface area contributed by atoms with Gasteiger partial charge >= 0.3 is 0 Å². The van der Waals surface area contributed by atoms with Crippen molar-refractivity contribution >= 4 is 5.91 Å². The van der Waals surface area contributed by atoms with E-state index >= 15 is 0 Å². The second-order valence-electron chi connectivity index (χ2n) is 5.94. The van der Waals surface area contributed by atoms with E-state index in [9.17, 15) is 9.90 Å². The highest BCUT2D eigenvalue weighted by Gasteiger charge is 2.33. The van der Waals surface area contributed by atoms with Gasteiger partial charge in [-0.1, -0.05) is 25.7 Å². The van der Waals surface area contributed by atoms with E-state index in [-0.39, 0.29) is 5.91 Å². The highest BCUT2D eigenvalue weighted by Crippen LogP contribution is 2.30. The molecule has 0 aromatic carbocycles. The van der Waals surface area contributed by atoms with Gasteiger partial charge in [0, 0.05) is 12.6 Å². The van der Waals surface area contributed by atoms with Gasteiger partial charge < -0.3 is 15.7 Å². The second kappa shape index (κ2) is 6.53. The van der Waals surface area contributed by atoms with E-state index in [4.69, 9.17) is 0 Å². The molecule has 4 nitrogen and oxygen atoms in total. The summed E-state index contributed by atoms with van der Waals surface area (Å²) in [4.78, 5) is 11.8. The number of hydrogen-bond acceptors (Lipinski definition) is 3. The average molecular weight is 254 g/mol. The van der Waals surface area contributed by atoms with Crippen LogP contribution in [0.2, 0.25) is 0 Å². The van der Waals surface area contributed by atoms with Gasteiger partial charge in [-0.25, -0.2) is 0 Å². The third kappa shape index (κ3) is 4.25. The molecule has 0 saturated heterocycles. The third-order valence-electron chi connectivity index (χ3n) is 4.24. The molecule has 0 aromatic heterocycles. The molecule has 3 N–H and O–H groups in total. The molecule has 1 amide bonds. The summed E-state index contributed by atoms with van der Waals surface area (Å²) in [6.07, 6.45) is 10.2. The van der Waals surface area contributed by atoms with E-state index in [2.05, 4.69) is 10.6 Å². The number of carbonyl (C=O) groups excluding carboxylic acids is 1. The molecule has 2 aliphatic rings. The fourth-order valence-corrected chi connectivity index (χ4v) is 2.87. The van der Waals surface area contributed by atoms with E-state index in [0.29, 0.717) is 19.1 Å². The normalized spacial score (nSPS) is 24.1. The molecule has 0 atom stereocenters. The molecule has 4 heteroatoms. The first-order chi connectivity index (χ1) is 8.68. The first kappa shape index (κ1) is 13.8. The zero-order valence-corrected chi connectivity index (χ0v) is 11.2. The average Bonchev–Trinajstić information content (AvgIpc) is 2.55. The predicted molar refractivity (Wildman–Crippen MR) is 71.3 cm³/mol. The molecule has 0 bridgehead atoms. The van der Waals surface area contributed by atoms with Crippen molar-refractivity contribution in [3.05, 3.63) is 0 Å². The van der Waals surface area contributed by atoms with Crippen LogP contribution in [0.25, 0.3) is 0 Å². The number of amides is 1. The number of hydrogen-bond donors (Lipinski definition) is 3. The molecule has 0 aromatic rings. The Kier molecular flexibility index (Phi) is 5.01. The fourth-order valence-electron chi connectivity index (χ4n) is 2.87. The zero-order valence-electron chi connectivity index (χ0n) is 11.2. The van der Waals surface area contributed by atoms with Crippen LogP contribution in [-0.4, -0.2) is 35.7 Å². The first-order valence-corrected chi connectivity index (χ1v) is 7.40. The maximum absolute atomic E-state index is 11.8. The van der Waals surface area contributed by atoms with Crippen molar-refractivity contribution in [1.29, 1.82) is 0 Å². The van der Waals surface area contributed by atoms with Gasteiger partial charge in [0.15, 0.2) is 0 Å². The monoisotopic (exact) mass is 254 g/mol. The minimum absolute atomic E-state index is 0.0739. The predicted octanol–water partition coefficient (Wildman–Crippen LogP) is 1.33. The Morgan fingerprint density at radius 1 is 1.11 bits per heavy atom. The van der Waals surface area contributed by atoms with Crippen LogP contribution in [0.3, 0.4) is 0 Å². The summed E-state index contributed by atoms with van der Waals surface area (Å²) < 4.78 is 0. The molecule has 0 radical (unpaired) electrons. The van der Waals surface area contributed by atoms with Crippen molar-refractivity contribution in [1.82, 2.24) is 10.6 Å². The van der Waals surface area contributed by atoms with Crippen LogP contribution in [0.1, 0.15) is 57.8 Å². The first-order valence-electron chi connectivity index (χ1n) is 7.40. The van der Waals surface area contributed by atoms with E-state index in [1.807, 2.05) is 0 Å². The van der Waals surface area contributed by atoms with Crippen LogP contribution in [0.15, 0.2) is 0 Å². The lowest BCUT2D eigenvalue weighted by Gasteiger charge is -2.36. The van der Waals surface area contributed by atoms with Gasteiger partial charge in [0.2, 0.25) is 5.91 Å². The molecule has 0 unspecified atom stereocenters. The van der Waals surface area contributed by atoms with E-state index in [1.165, 1.54) is 25.7 Å². The summed E-state index contributed by atoms with van der Waals surface area (Å²) in [6.45, 7) is 0.879. The van der Waals surface area contributed by atoms with E-state index in [1.54, 1.807) is 0 Å². The van der Waals surface area contributed by atoms with Crippen molar-refractivity contribution in [3.8, 4) is 0 Å². The van der Waals surface area contributed by atoms with E-state index in [0.717, 1.165) is 32.1 Å². The maximum Gasteiger partial charge on any atom is 0.234 e. The largest absolute Gasteiger partial charge is 0.389 e. The van der Waals surface area contributed by atoms with Gasteiger partial charge in [-0.3, -0.25) is 4.79 Å². The summed E-state index contributed by atoms with van der Waals surface area (Å²) in [5.41, 5.74) is -0.539. The standard InChI is InChI=1S/C14H26N2O2/c17-13(10-15-11-14(18)8-5-9-14)16-12-6-3-1-2-4-7-12/h12,15,18H,1-11H2,(H,16,17). The van der Waals surface area contributed by atoms with Crippen LogP contribution >= 0.6 is 0 Å². The van der Waals surface area contributed by atoms with Gasteiger partial charge in [0.05, 0.1) is 12.1 Å². The Morgan fingerprint density at radius 2 is 1.78 bits per heavy atom. The lowest BCUT2D eigenvalue weighted by molar-refractivity contribution is -0.121. The molecule has 0 aliphatic heterocycles. The minimum atomic E-state index is -0.539. The topological polar surface area (TPSA) is 61.4 Å². The Labute approximate surface area is 110 Å². The SMILES string of the molecule is O=C(CNCC1(O)CCC1)NC1CCCCCC1. The number of nitrogens with one attached hydrogen (secondary N) is 2. The molecule has 2 fully saturated rings. The third-order valence-corrected chi connectivity index (χ3v) is 4.24. The molecule has 2 saturated carbocycles. The van der Waals surface area contributed by atoms with Crippen molar-refractivity contribution in [2.75, 3.05) is 13.1 Å². The van der Waals surface area contributed by atoms with Gasteiger partial charge in [-0.05, 0) is 32.1 Å². The molecular weight excluding hydrogens is 228 g/mol. The van der Waals surface area contributed by atoms with Crippen LogP contribution < -0.4 is 10.6 Å². The molecule has 2 aliphatic carbocycles. The number of carbonyl (C=O) groups is 1. The van der Waals surface area contributed by atoms with Crippen LogP contribution in [0.5, 0.6) is 0 Å². The molecular formula is C14H26N2O2. The lowest BCUT2D eigenvalue weighted by atomic mass is 9.80. The molecule has 0 spiro atoms. The van der Waals surface area contributed by atoms with Crippen molar-refractivity contribution in [3.63, 3.8) is 0 Å². The van der Waals surface area contributed by atoms with Crippen LogP contribution in [0, 0.1) is 0 Å². The smallest absolute Gasteiger partial charge is 0.234 e. The molecule has 2 rings (SSSR count). The number of aliphatic hydroxyl groups is 1. The van der Waals surface area contributed by atoms with Crippen molar-refractivity contribution in [2.24, 2.45) is 0 Å². The number of rotatable bonds is 5. The van der Waals surface area contributed by atoms with Crippen molar-refractivity contribution < 1.29 is 9.90 Å².